The standard InChI is InChI=1S/C15H22ClNO/c1-10(2)15(18)14(9-17-11(3)4)12-5-7-13(16)8-6-12/h5-8,10-11,14,17H,9H2,1-4H3/t14-/m0/s1. The summed E-state index contributed by atoms with van der Waals surface area (Å²) in [5, 5.41) is 4.04. The fourth-order valence-corrected chi connectivity index (χ4v) is 1.96. The molecule has 18 heavy (non-hydrogen) atoms. The van der Waals surface area contributed by atoms with Crippen LogP contribution in [0, 0.1) is 5.92 Å². The maximum absolute atomic E-state index is 12.3. The van der Waals surface area contributed by atoms with E-state index in [0.29, 0.717) is 17.6 Å². The van der Waals surface area contributed by atoms with Gasteiger partial charge in [0.1, 0.15) is 5.78 Å². The highest BCUT2D eigenvalue weighted by Crippen LogP contribution is 2.22. The molecule has 0 unspecified atom stereocenters. The SMILES string of the molecule is CC(C)NC[C@H](C(=O)C(C)C)c1ccc(Cl)cc1. The lowest BCUT2D eigenvalue weighted by atomic mass is 9.88. The molecule has 2 nitrogen and oxygen atoms in total. The van der Waals surface area contributed by atoms with Crippen molar-refractivity contribution in [2.45, 2.75) is 39.7 Å². The van der Waals surface area contributed by atoms with E-state index in [1.54, 1.807) is 0 Å². The fraction of sp³-hybridized carbons (Fsp3) is 0.533. The van der Waals surface area contributed by atoms with Crippen molar-refractivity contribution in [2.24, 2.45) is 5.92 Å². The predicted octanol–water partition coefficient (Wildman–Crippen LogP) is 3.65. The van der Waals surface area contributed by atoms with E-state index in [2.05, 4.69) is 19.2 Å². The van der Waals surface area contributed by atoms with Gasteiger partial charge < -0.3 is 5.32 Å². The van der Waals surface area contributed by atoms with Gasteiger partial charge in [0.2, 0.25) is 0 Å². The van der Waals surface area contributed by atoms with Gasteiger partial charge in [0.15, 0.2) is 0 Å². The van der Waals surface area contributed by atoms with Gasteiger partial charge in [-0.2, -0.15) is 0 Å². The van der Waals surface area contributed by atoms with Crippen LogP contribution in [0.1, 0.15) is 39.2 Å². The predicted molar refractivity (Wildman–Crippen MR) is 77.2 cm³/mol. The molecular weight excluding hydrogens is 246 g/mol. The summed E-state index contributed by atoms with van der Waals surface area (Å²) in [4.78, 5) is 12.3. The molecule has 0 saturated carbocycles. The Morgan fingerprint density at radius 2 is 1.72 bits per heavy atom. The number of carbonyl (C=O) groups is 1. The van der Waals surface area contributed by atoms with Gasteiger partial charge in [-0.25, -0.2) is 0 Å². The Morgan fingerprint density at radius 3 is 2.17 bits per heavy atom. The molecule has 0 aliphatic carbocycles. The van der Waals surface area contributed by atoms with Gasteiger partial charge >= 0.3 is 0 Å². The first-order valence-corrected chi connectivity index (χ1v) is 6.82. The molecule has 100 valence electrons. The van der Waals surface area contributed by atoms with Crippen LogP contribution in [0.3, 0.4) is 0 Å². The Kier molecular flexibility index (Phi) is 5.83. The number of halogens is 1. The molecule has 1 rings (SSSR count). The van der Waals surface area contributed by atoms with Gasteiger partial charge in [-0.1, -0.05) is 51.4 Å². The number of benzene rings is 1. The van der Waals surface area contributed by atoms with E-state index in [1.807, 2.05) is 38.1 Å². The fourth-order valence-electron chi connectivity index (χ4n) is 1.83. The van der Waals surface area contributed by atoms with Crippen molar-refractivity contribution in [3.8, 4) is 0 Å². The van der Waals surface area contributed by atoms with Crippen LogP contribution in [0.4, 0.5) is 0 Å². The molecule has 1 atom stereocenters. The first-order valence-electron chi connectivity index (χ1n) is 6.44. The number of Topliss-reactive ketones (excluding diaryl/α,β-unsaturated/α-hetero) is 1. The Balaban J connectivity index is 2.89. The second kappa shape index (κ2) is 6.91. The van der Waals surface area contributed by atoms with Crippen LogP contribution in [0.15, 0.2) is 24.3 Å². The number of ketones is 1. The molecule has 0 fully saturated rings. The second-order valence-corrected chi connectivity index (χ2v) is 5.66. The van der Waals surface area contributed by atoms with Gasteiger partial charge in [-0.05, 0) is 17.7 Å². The van der Waals surface area contributed by atoms with Crippen LogP contribution in [-0.2, 0) is 4.79 Å². The minimum absolute atomic E-state index is 0.0413. The Bertz CT molecular complexity index is 384. The molecule has 0 radical (unpaired) electrons. The lowest BCUT2D eigenvalue weighted by Gasteiger charge is -2.20. The zero-order chi connectivity index (χ0) is 13.7. The summed E-state index contributed by atoms with van der Waals surface area (Å²) in [6.45, 7) is 8.73. The first kappa shape index (κ1) is 15.2. The summed E-state index contributed by atoms with van der Waals surface area (Å²) in [7, 11) is 0. The number of carbonyl (C=O) groups excluding carboxylic acids is 1. The number of rotatable bonds is 6. The van der Waals surface area contributed by atoms with E-state index in [4.69, 9.17) is 11.6 Å². The van der Waals surface area contributed by atoms with Crippen LogP contribution in [-0.4, -0.2) is 18.4 Å². The Hall–Kier alpha value is -0.860. The minimum atomic E-state index is -0.0929. The van der Waals surface area contributed by atoms with Gasteiger partial charge in [0.25, 0.3) is 0 Å². The van der Waals surface area contributed by atoms with E-state index in [1.165, 1.54) is 0 Å². The third kappa shape index (κ3) is 4.43. The lowest BCUT2D eigenvalue weighted by Crippen LogP contribution is -2.33. The third-order valence-electron chi connectivity index (χ3n) is 2.92. The Labute approximate surface area is 115 Å². The molecule has 0 aliphatic heterocycles. The smallest absolute Gasteiger partial charge is 0.144 e. The van der Waals surface area contributed by atoms with E-state index in [0.717, 1.165) is 5.56 Å². The zero-order valence-electron chi connectivity index (χ0n) is 11.5. The largest absolute Gasteiger partial charge is 0.313 e. The number of hydrogen-bond acceptors (Lipinski definition) is 2. The average molecular weight is 268 g/mol. The van der Waals surface area contributed by atoms with E-state index in [9.17, 15) is 4.79 Å². The highest BCUT2D eigenvalue weighted by molar-refractivity contribution is 6.30. The summed E-state index contributed by atoms with van der Waals surface area (Å²) in [6, 6.07) is 7.93. The number of nitrogens with one attached hydrogen (secondary N) is 1. The van der Waals surface area contributed by atoms with Crippen LogP contribution < -0.4 is 5.32 Å². The van der Waals surface area contributed by atoms with Crippen LogP contribution in [0.2, 0.25) is 5.02 Å². The summed E-state index contributed by atoms with van der Waals surface area (Å²) >= 11 is 5.89. The average Bonchev–Trinajstić information content (AvgIpc) is 2.30. The molecule has 0 aliphatic rings. The lowest BCUT2D eigenvalue weighted by molar-refractivity contribution is -0.123. The zero-order valence-corrected chi connectivity index (χ0v) is 12.3. The van der Waals surface area contributed by atoms with Gasteiger partial charge in [-0.15, -0.1) is 0 Å². The molecule has 0 spiro atoms. The molecular formula is C15H22ClNO. The molecule has 0 heterocycles. The minimum Gasteiger partial charge on any atom is -0.313 e. The van der Waals surface area contributed by atoms with E-state index in [-0.39, 0.29) is 17.6 Å². The number of hydrogen-bond donors (Lipinski definition) is 1. The molecule has 1 N–H and O–H groups in total. The maximum atomic E-state index is 12.3. The summed E-state index contributed by atoms with van der Waals surface area (Å²) in [5.41, 5.74) is 1.03. The summed E-state index contributed by atoms with van der Waals surface area (Å²) in [6.07, 6.45) is 0. The Morgan fingerprint density at radius 1 is 1.17 bits per heavy atom. The molecule has 0 amide bonds. The summed E-state index contributed by atoms with van der Waals surface area (Å²) < 4.78 is 0. The molecule has 0 saturated heterocycles. The van der Waals surface area contributed by atoms with Crippen LogP contribution in [0.25, 0.3) is 0 Å². The molecule has 0 bridgehead atoms. The highest BCUT2D eigenvalue weighted by Gasteiger charge is 2.22. The van der Waals surface area contributed by atoms with Gasteiger partial charge in [-0.3, -0.25) is 4.79 Å². The van der Waals surface area contributed by atoms with Crippen molar-refractivity contribution in [2.75, 3.05) is 6.54 Å². The molecule has 3 heteroatoms. The van der Waals surface area contributed by atoms with Crippen molar-refractivity contribution in [1.29, 1.82) is 0 Å². The molecule has 1 aromatic rings. The second-order valence-electron chi connectivity index (χ2n) is 5.22. The topological polar surface area (TPSA) is 29.1 Å². The van der Waals surface area contributed by atoms with Crippen molar-refractivity contribution in [3.05, 3.63) is 34.9 Å². The van der Waals surface area contributed by atoms with E-state index < -0.39 is 0 Å². The van der Waals surface area contributed by atoms with Crippen molar-refractivity contribution >= 4 is 17.4 Å². The normalized spacial score (nSPS) is 13.1. The quantitative estimate of drug-likeness (QED) is 0.853. The summed E-state index contributed by atoms with van der Waals surface area (Å²) in [5.74, 6) is 0.217. The third-order valence-corrected chi connectivity index (χ3v) is 3.17. The van der Waals surface area contributed by atoms with E-state index >= 15 is 0 Å². The first-order chi connectivity index (χ1) is 8.41. The van der Waals surface area contributed by atoms with Crippen LogP contribution >= 0.6 is 11.6 Å². The highest BCUT2D eigenvalue weighted by atomic mass is 35.5. The van der Waals surface area contributed by atoms with Crippen LogP contribution in [0.5, 0.6) is 0 Å². The van der Waals surface area contributed by atoms with Crippen molar-refractivity contribution in [1.82, 2.24) is 5.32 Å². The van der Waals surface area contributed by atoms with Crippen molar-refractivity contribution in [3.63, 3.8) is 0 Å². The van der Waals surface area contributed by atoms with Crippen molar-refractivity contribution < 1.29 is 4.79 Å². The van der Waals surface area contributed by atoms with Gasteiger partial charge in [0.05, 0.1) is 5.92 Å². The monoisotopic (exact) mass is 267 g/mol. The maximum Gasteiger partial charge on any atom is 0.144 e. The van der Waals surface area contributed by atoms with Gasteiger partial charge in [0, 0.05) is 23.5 Å². The molecule has 1 aromatic carbocycles. The molecule has 0 aromatic heterocycles.